The zero-order valence-corrected chi connectivity index (χ0v) is 16.8. The number of halogens is 1. The first kappa shape index (κ1) is 28.9. The SMILES string of the molecule is COc1[c-]cc(OC)cc1.C[C-](C)C.C[C-](C)C.[CH2-]Cl.[Pd]. The molecule has 0 aliphatic carbocycles. The zero-order valence-electron chi connectivity index (χ0n) is 14.4. The fourth-order valence-electron chi connectivity index (χ4n) is 0.650. The van der Waals surface area contributed by atoms with Gasteiger partial charge in [-0.05, 0) is 0 Å². The third-order valence-corrected chi connectivity index (χ3v) is 1.21. The molecule has 21 heavy (non-hydrogen) atoms. The van der Waals surface area contributed by atoms with E-state index in [2.05, 4.69) is 65.6 Å². The van der Waals surface area contributed by atoms with Crippen molar-refractivity contribution in [3.63, 3.8) is 0 Å². The quantitative estimate of drug-likeness (QED) is 0.459. The molecule has 0 amide bonds. The molecule has 0 aliphatic rings. The molecule has 4 heteroatoms. The van der Waals surface area contributed by atoms with Gasteiger partial charge in [0.25, 0.3) is 0 Å². The Morgan fingerprint density at radius 2 is 1.29 bits per heavy atom. The number of methoxy groups -OCH3 is 2. The molecule has 0 spiro atoms. The summed E-state index contributed by atoms with van der Waals surface area (Å²) in [6, 6.07) is 8.26. The minimum Gasteiger partial charge on any atom is -0.554 e. The fraction of sp³-hybridized carbons (Fsp3) is 0.471. The first-order chi connectivity index (χ1) is 9.33. The molecular weight excluding hydrogens is 378 g/mol. The molecule has 0 unspecified atom stereocenters. The normalized spacial score (nSPS) is 8.00. The second-order valence-corrected chi connectivity index (χ2v) is 4.80. The fourth-order valence-corrected chi connectivity index (χ4v) is 0.650. The van der Waals surface area contributed by atoms with Gasteiger partial charge in [0.05, 0.1) is 14.2 Å². The number of ether oxygens (including phenoxy) is 2. The Morgan fingerprint density at radius 3 is 1.48 bits per heavy atom. The van der Waals surface area contributed by atoms with E-state index >= 15 is 0 Å². The van der Waals surface area contributed by atoms with E-state index in [1.165, 1.54) is 11.8 Å². The van der Waals surface area contributed by atoms with Crippen molar-refractivity contribution in [1.29, 1.82) is 0 Å². The molecule has 1 aromatic carbocycles. The van der Waals surface area contributed by atoms with Crippen molar-refractivity contribution in [3.8, 4) is 11.5 Å². The van der Waals surface area contributed by atoms with E-state index in [0.29, 0.717) is 0 Å². The van der Waals surface area contributed by atoms with Crippen LogP contribution in [0, 0.1) is 24.3 Å². The summed E-state index contributed by atoms with van der Waals surface area (Å²) in [6.45, 7) is 12.5. The Balaban J connectivity index is -0.000000112. The van der Waals surface area contributed by atoms with Crippen molar-refractivity contribution in [2.75, 3.05) is 14.2 Å². The van der Waals surface area contributed by atoms with Gasteiger partial charge >= 0.3 is 0 Å². The van der Waals surface area contributed by atoms with Gasteiger partial charge in [-0.3, -0.25) is 6.38 Å². The van der Waals surface area contributed by atoms with Gasteiger partial charge in [-0.25, -0.2) is 0 Å². The summed E-state index contributed by atoms with van der Waals surface area (Å²) in [6.07, 6.45) is 2.72. The average molecular weight is 407 g/mol. The molecule has 0 atom stereocenters. The minimum atomic E-state index is 0. The molecule has 0 aliphatic heterocycles. The van der Waals surface area contributed by atoms with Gasteiger partial charge in [0.2, 0.25) is 0 Å². The van der Waals surface area contributed by atoms with Crippen LogP contribution in [0.5, 0.6) is 11.5 Å². The third kappa shape index (κ3) is 32.9. The van der Waals surface area contributed by atoms with Crippen molar-refractivity contribution < 1.29 is 29.9 Å². The van der Waals surface area contributed by atoms with Crippen LogP contribution in [0.3, 0.4) is 0 Å². The minimum absolute atomic E-state index is 0. The summed E-state index contributed by atoms with van der Waals surface area (Å²) in [7, 11) is 3.23. The van der Waals surface area contributed by atoms with Crippen molar-refractivity contribution >= 4 is 11.6 Å². The Labute approximate surface area is 151 Å². The van der Waals surface area contributed by atoms with E-state index in [9.17, 15) is 0 Å². The van der Waals surface area contributed by atoms with Crippen LogP contribution in [0.2, 0.25) is 0 Å². The Bertz CT molecular complexity index is 240. The van der Waals surface area contributed by atoms with Crippen molar-refractivity contribution in [3.05, 3.63) is 42.5 Å². The second kappa shape index (κ2) is 22.1. The molecule has 1 rings (SSSR count). The molecule has 0 fully saturated rings. The van der Waals surface area contributed by atoms with E-state index < -0.39 is 0 Å². The van der Waals surface area contributed by atoms with Crippen LogP contribution in [0.25, 0.3) is 0 Å². The number of hydrogen-bond acceptors (Lipinski definition) is 2. The van der Waals surface area contributed by atoms with Crippen LogP contribution < -0.4 is 9.47 Å². The summed E-state index contributed by atoms with van der Waals surface area (Å²) in [4.78, 5) is 0. The van der Waals surface area contributed by atoms with Crippen LogP contribution in [-0.2, 0) is 20.4 Å². The van der Waals surface area contributed by atoms with Gasteiger partial charge < -0.3 is 32.9 Å². The maximum atomic E-state index is 4.93. The maximum Gasteiger partial charge on any atom is 0.0743 e. The molecule has 0 bridgehead atoms. The Morgan fingerprint density at radius 1 is 0.905 bits per heavy atom. The van der Waals surface area contributed by atoms with Gasteiger partial charge in [-0.15, -0.1) is 24.3 Å². The van der Waals surface area contributed by atoms with E-state index in [4.69, 9.17) is 9.47 Å². The molecule has 0 aromatic heterocycles. The largest absolute Gasteiger partial charge is 0.554 e. The molecule has 2 nitrogen and oxygen atoms in total. The summed E-state index contributed by atoms with van der Waals surface area (Å²) in [5, 5.41) is 0. The van der Waals surface area contributed by atoms with E-state index in [1.807, 2.05) is 6.07 Å². The molecule has 0 saturated carbocycles. The summed E-state index contributed by atoms with van der Waals surface area (Å²) < 4.78 is 9.83. The standard InChI is InChI=1S/C8H9O2.2C4H9.CH2Cl.Pd/c1-9-7-3-5-8(10-2)6-4-7;2*1-4(2)3;1-2;/h3-5H,1-2H3;2*1-3H3;1H2;/q4*-1;. The predicted molar refractivity (Wildman–Crippen MR) is 90.1 cm³/mol. The molecule has 130 valence electrons. The first-order valence-corrected chi connectivity index (χ1v) is 6.76. The Kier molecular flexibility index (Phi) is 30.3. The molecular formula is C17H29ClO2Pd-4. The summed E-state index contributed by atoms with van der Waals surface area (Å²) in [5.41, 5.74) is 0. The molecule has 0 saturated heterocycles. The molecule has 0 radical (unpaired) electrons. The number of rotatable bonds is 2. The van der Waals surface area contributed by atoms with Crippen molar-refractivity contribution in [2.45, 2.75) is 41.5 Å². The van der Waals surface area contributed by atoms with E-state index in [1.54, 1.807) is 26.4 Å². The van der Waals surface area contributed by atoms with Gasteiger partial charge in [0.1, 0.15) is 0 Å². The maximum absolute atomic E-state index is 4.93. The van der Waals surface area contributed by atoms with Gasteiger partial charge in [-0.2, -0.15) is 41.5 Å². The van der Waals surface area contributed by atoms with Crippen LogP contribution in [0.15, 0.2) is 18.2 Å². The van der Waals surface area contributed by atoms with E-state index in [0.717, 1.165) is 11.5 Å². The Hall–Kier alpha value is -0.228. The average Bonchev–Trinajstić information content (AvgIpc) is 2.40. The zero-order chi connectivity index (χ0) is 16.6. The van der Waals surface area contributed by atoms with Gasteiger partial charge in [-0.1, -0.05) is 0 Å². The van der Waals surface area contributed by atoms with Crippen LogP contribution in [0.4, 0.5) is 0 Å². The second-order valence-electron chi connectivity index (χ2n) is 4.80. The van der Waals surface area contributed by atoms with Gasteiger partial charge in [0, 0.05) is 31.9 Å². The summed E-state index contributed by atoms with van der Waals surface area (Å²) in [5.74, 6) is 4.35. The third-order valence-electron chi connectivity index (χ3n) is 1.21. The molecule has 0 heterocycles. The van der Waals surface area contributed by atoms with Gasteiger partial charge in [0.15, 0.2) is 0 Å². The predicted octanol–water partition coefficient (Wildman–Crippen LogP) is 5.76. The smallest absolute Gasteiger partial charge is 0.0743 e. The van der Waals surface area contributed by atoms with Crippen molar-refractivity contribution in [1.82, 2.24) is 0 Å². The first-order valence-electron chi connectivity index (χ1n) is 6.23. The monoisotopic (exact) mass is 406 g/mol. The van der Waals surface area contributed by atoms with Crippen molar-refractivity contribution in [2.24, 2.45) is 0 Å². The molecule has 1 aromatic rings. The number of hydrogen-bond donors (Lipinski definition) is 0. The molecule has 0 N–H and O–H groups in total. The van der Waals surface area contributed by atoms with Crippen LogP contribution in [0.1, 0.15) is 41.5 Å². The van der Waals surface area contributed by atoms with Crippen LogP contribution in [-0.4, -0.2) is 14.2 Å². The van der Waals surface area contributed by atoms with E-state index in [-0.39, 0.29) is 20.4 Å². The topological polar surface area (TPSA) is 18.5 Å². The summed E-state index contributed by atoms with van der Waals surface area (Å²) >= 11 is 4.39. The number of benzene rings is 1. The van der Waals surface area contributed by atoms with Crippen LogP contribution >= 0.6 is 11.6 Å².